The molecule has 2 aromatic heterocycles. The molecule has 2 aromatic carbocycles. The number of rotatable bonds is 6. The summed E-state index contributed by atoms with van der Waals surface area (Å²) in [5.41, 5.74) is 8.41. The summed E-state index contributed by atoms with van der Waals surface area (Å²) < 4.78 is 7.83. The summed E-state index contributed by atoms with van der Waals surface area (Å²) in [6, 6.07) is 14.6. The maximum atomic E-state index is 9.37. The Kier molecular flexibility index (Phi) is 5.04. The Labute approximate surface area is 173 Å². The van der Waals surface area contributed by atoms with Crippen LogP contribution in [-0.4, -0.2) is 37.3 Å². The summed E-state index contributed by atoms with van der Waals surface area (Å²) in [7, 11) is 0. The van der Waals surface area contributed by atoms with Crippen LogP contribution in [0.2, 0.25) is 0 Å². The van der Waals surface area contributed by atoms with Gasteiger partial charge in [-0.05, 0) is 29.2 Å². The molecule has 0 spiro atoms. The largest absolute Gasteiger partial charge is 0.394 e. The number of aliphatic hydroxyl groups is 1. The average molecular weight is 404 g/mol. The lowest BCUT2D eigenvalue weighted by Crippen LogP contribution is -2.15. The van der Waals surface area contributed by atoms with Gasteiger partial charge in [0.05, 0.1) is 25.6 Å². The molecule has 154 valence electrons. The molecule has 0 amide bonds. The molecule has 4 N–H and O–H groups in total. The van der Waals surface area contributed by atoms with Crippen molar-refractivity contribution in [3.05, 3.63) is 60.2 Å². The third kappa shape index (κ3) is 3.39. The highest BCUT2D eigenvalue weighted by Crippen LogP contribution is 2.31. The maximum absolute atomic E-state index is 9.37. The first kappa shape index (κ1) is 18.9. The first-order valence-corrected chi connectivity index (χ1v) is 10.2. The second-order valence-electron chi connectivity index (χ2n) is 7.48. The highest BCUT2D eigenvalue weighted by atomic mass is 16.5. The van der Waals surface area contributed by atoms with Crippen LogP contribution < -0.4 is 11.1 Å². The highest BCUT2D eigenvalue weighted by Gasteiger charge is 2.28. The Morgan fingerprint density at radius 1 is 1.13 bits per heavy atom. The van der Waals surface area contributed by atoms with Gasteiger partial charge in [-0.3, -0.25) is 4.57 Å². The number of nitrogens with zero attached hydrogens (tertiary/aromatic N) is 4. The van der Waals surface area contributed by atoms with Gasteiger partial charge in [0.2, 0.25) is 0 Å². The van der Waals surface area contributed by atoms with Crippen LogP contribution in [0.25, 0.3) is 21.9 Å². The van der Waals surface area contributed by atoms with Crippen molar-refractivity contribution >= 4 is 27.8 Å². The van der Waals surface area contributed by atoms with Crippen molar-refractivity contribution in [2.75, 3.05) is 11.9 Å². The first-order chi connectivity index (χ1) is 14.8. The van der Waals surface area contributed by atoms with E-state index in [0.29, 0.717) is 29.4 Å². The van der Waals surface area contributed by atoms with Crippen molar-refractivity contribution in [1.82, 2.24) is 19.5 Å². The van der Waals surface area contributed by atoms with Gasteiger partial charge in [-0.1, -0.05) is 42.5 Å². The van der Waals surface area contributed by atoms with E-state index < -0.39 is 0 Å². The fourth-order valence-electron chi connectivity index (χ4n) is 4.04. The second-order valence-corrected chi connectivity index (χ2v) is 7.48. The Morgan fingerprint density at radius 2 is 2.00 bits per heavy atom. The zero-order valence-corrected chi connectivity index (χ0v) is 16.5. The molecular formula is C22H24N6O2. The number of nitrogens with one attached hydrogen (secondary N) is 1. The van der Waals surface area contributed by atoms with Crippen molar-refractivity contribution < 1.29 is 9.84 Å². The molecule has 2 unspecified atom stereocenters. The first-order valence-electron chi connectivity index (χ1n) is 10.2. The normalized spacial score (nSPS) is 19.0. The minimum absolute atomic E-state index is 0.0179. The van der Waals surface area contributed by atoms with Gasteiger partial charge in [0.25, 0.3) is 0 Å². The van der Waals surface area contributed by atoms with Crippen LogP contribution in [0, 0.1) is 0 Å². The van der Waals surface area contributed by atoms with Crippen molar-refractivity contribution in [1.29, 1.82) is 0 Å². The third-order valence-electron chi connectivity index (χ3n) is 5.58. The van der Waals surface area contributed by atoms with Gasteiger partial charge in [0.15, 0.2) is 17.0 Å². The molecule has 2 atom stereocenters. The minimum Gasteiger partial charge on any atom is -0.394 e. The molecule has 5 rings (SSSR count). The lowest BCUT2D eigenvalue weighted by atomic mass is 10.0. The summed E-state index contributed by atoms with van der Waals surface area (Å²) in [5, 5.41) is 15.2. The molecule has 1 saturated heterocycles. The summed E-state index contributed by atoms with van der Waals surface area (Å²) in [6.07, 6.45) is 3.00. The van der Waals surface area contributed by atoms with E-state index in [1.165, 1.54) is 16.3 Å². The molecule has 0 saturated carbocycles. The topological polar surface area (TPSA) is 111 Å². The number of fused-ring (bicyclic) bond motifs is 2. The van der Waals surface area contributed by atoms with Crippen LogP contribution in [0.1, 0.15) is 30.5 Å². The number of hydrogen-bond donors (Lipinski definition) is 3. The standard InChI is InChI=1S/C22H24N6O2/c23-10-18-26-21(24-11-15-6-3-5-14-4-1-2-7-17(14)15)20-22(27-18)28(13-25-20)19-9-8-16(12-29)30-19/h1-7,13,16,19,29H,8-12,23H2,(H,24,26,27). The minimum atomic E-state index is -0.196. The molecule has 1 aliphatic rings. The van der Waals surface area contributed by atoms with Crippen molar-refractivity contribution in [3.63, 3.8) is 0 Å². The highest BCUT2D eigenvalue weighted by molar-refractivity contribution is 5.87. The van der Waals surface area contributed by atoms with Gasteiger partial charge >= 0.3 is 0 Å². The van der Waals surface area contributed by atoms with Crippen LogP contribution >= 0.6 is 0 Å². The molecule has 30 heavy (non-hydrogen) atoms. The fourth-order valence-corrected chi connectivity index (χ4v) is 4.04. The molecule has 8 nitrogen and oxygen atoms in total. The average Bonchev–Trinajstić information content (AvgIpc) is 3.44. The molecule has 0 aliphatic carbocycles. The Hall–Kier alpha value is -3.07. The van der Waals surface area contributed by atoms with Gasteiger partial charge < -0.3 is 20.9 Å². The lowest BCUT2D eigenvalue weighted by molar-refractivity contribution is -0.0207. The summed E-state index contributed by atoms with van der Waals surface area (Å²) in [5.74, 6) is 1.20. The number of imidazole rings is 1. The van der Waals surface area contributed by atoms with Gasteiger partial charge in [-0.25, -0.2) is 15.0 Å². The monoisotopic (exact) mass is 404 g/mol. The summed E-state index contributed by atoms with van der Waals surface area (Å²) in [4.78, 5) is 13.7. The number of hydrogen-bond acceptors (Lipinski definition) is 7. The Bertz CT molecular complexity index is 1190. The van der Waals surface area contributed by atoms with E-state index in [2.05, 4.69) is 50.6 Å². The zero-order valence-electron chi connectivity index (χ0n) is 16.5. The predicted octanol–water partition coefficient (Wildman–Crippen LogP) is 2.72. The van der Waals surface area contributed by atoms with E-state index in [1.807, 2.05) is 16.7 Å². The number of nitrogens with two attached hydrogens (primary N) is 1. The van der Waals surface area contributed by atoms with Crippen LogP contribution in [0.15, 0.2) is 48.8 Å². The number of ether oxygens (including phenoxy) is 1. The van der Waals surface area contributed by atoms with Crippen molar-refractivity contribution in [3.8, 4) is 0 Å². The van der Waals surface area contributed by atoms with E-state index >= 15 is 0 Å². The number of aliphatic hydroxyl groups excluding tert-OH is 1. The Morgan fingerprint density at radius 3 is 2.83 bits per heavy atom. The SMILES string of the molecule is NCc1nc(NCc2cccc3ccccc23)c2ncn(C3CCC(CO)O3)c2n1. The predicted molar refractivity (Wildman–Crippen MR) is 115 cm³/mol. The molecule has 4 aromatic rings. The van der Waals surface area contributed by atoms with Gasteiger partial charge in [-0.15, -0.1) is 0 Å². The fraction of sp³-hybridized carbons (Fsp3) is 0.318. The molecule has 1 aliphatic heterocycles. The van der Waals surface area contributed by atoms with Crippen LogP contribution in [0.5, 0.6) is 0 Å². The zero-order chi connectivity index (χ0) is 20.5. The van der Waals surface area contributed by atoms with E-state index in [0.717, 1.165) is 12.8 Å². The van der Waals surface area contributed by atoms with E-state index in [-0.39, 0.29) is 25.5 Å². The van der Waals surface area contributed by atoms with Crippen molar-refractivity contribution in [2.45, 2.75) is 38.3 Å². The molecule has 0 radical (unpaired) electrons. The molecule has 0 bridgehead atoms. The molecule has 3 heterocycles. The van der Waals surface area contributed by atoms with Crippen molar-refractivity contribution in [2.24, 2.45) is 5.73 Å². The molecule has 8 heteroatoms. The van der Waals surface area contributed by atoms with Gasteiger partial charge in [-0.2, -0.15) is 0 Å². The van der Waals surface area contributed by atoms with E-state index in [4.69, 9.17) is 10.5 Å². The summed E-state index contributed by atoms with van der Waals surface area (Å²) in [6.45, 7) is 0.857. The van der Waals surface area contributed by atoms with Crippen LogP contribution in [0.3, 0.4) is 0 Å². The van der Waals surface area contributed by atoms with E-state index in [9.17, 15) is 5.11 Å². The van der Waals surface area contributed by atoms with Gasteiger partial charge in [0, 0.05) is 6.54 Å². The number of aromatic nitrogens is 4. The maximum Gasteiger partial charge on any atom is 0.167 e. The van der Waals surface area contributed by atoms with Gasteiger partial charge in [0.1, 0.15) is 12.1 Å². The quantitative estimate of drug-likeness (QED) is 0.453. The third-order valence-corrected chi connectivity index (χ3v) is 5.58. The molecular weight excluding hydrogens is 380 g/mol. The second kappa shape index (κ2) is 7.98. The van der Waals surface area contributed by atoms with E-state index in [1.54, 1.807) is 6.33 Å². The summed E-state index contributed by atoms with van der Waals surface area (Å²) >= 11 is 0. The number of anilines is 1. The smallest absolute Gasteiger partial charge is 0.167 e. The molecule has 1 fully saturated rings. The van der Waals surface area contributed by atoms with Crippen LogP contribution in [-0.2, 0) is 17.8 Å². The number of benzene rings is 2. The van der Waals surface area contributed by atoms with Crippen LogP contribution in [0.4, 0.5) is 5.82 Å². The Balaban J connectivity index is 1.48. The lowest BCUT2D eigenvalue weighted by Gasteiger charge is -2.15.